The van der Waals surface area contributed by atoms with Crippen LogP contribution in [0.2, 0.25) is 0 Å². The average molecular weight is 470 g/mol. The van der Waals surface area contributed by atoms with Gasteiger partial charge in [0.15, 0.2) is 0 Å². The second-order valence-corrected chi connectivity index (χ2v) is 8.25. The van der Waals surface area contributed by atoms with Crippen molar-refractivity contribution < 1.29 is 9.53 Å². The van der Waals surface area contributed by atoms with Gasteiger partial charge >= 0.3 is 0 Å². The highest BCUT2D eigenvalue weighted by atomic mass is 16.5. The molecule has 1 amide bonds. The Bertz CT molecular complexity index is 1520. The summed E-state index contributed by atoms with van der Waals surface area (Å²) in [7, 11) is 2.00. The minimum absolute atomic E-state index is 0.138. The molecule has 0 saturated heterocycles. The van der Waals surface area contributed by atoms with Crippen molar-refractivity contribution in [1.29, 1.82) is 0 Å². The van der Waals surface area contributed by atoms with E-state index < -0.39 is 5.91 Å². The fourth-order valence-corrected chi connectivity index (χ4v) is 4.20. The Morgan fingerprint density at radius 1 is 1.14 bits per heavy atom. The lowest BCUT2D eigenvalue weighted by Crippen LogP contribution is -2.17. The zero-order valence-electron chi connectivity index (χ0n) is 19.6. The number of amides is 1. The number of aromatic amines is 1. The quantitative estimate of drug-likeness (QED) is 0.255. The van der Waals surface area contributed by atoms with Crippen molar-refractivity contribution in [2.24, 2.45) is 12.8 Å². The summed E-state index contributed by atoms with van der Waals surface area (Å²) < 4.78 is 7.68. The van der Waals surface area contributed by atoms with Crippen LogP contribution in [0.3, 0.4) is 0 Å². The largest absolute Gasteiger partial charge is 0.494 e. The van der Waals surface area contributed by atoms with Gasteiger partial charge in [-0.2, -0.15) is 4.98 Å². The molecule has 0 aliphatic rings. The van der Waals surface area contributed by atoms with Gasteiger partial charge in [0, 0.05) is 59.5 Å². The number of hydrogen-bond acceptors (Lipinski definition) is 6. The summed E-state index contributed by atoms with van der Waals surface area (Å²) in [6.45, 7) is 3.16. The molecule has 5 rings (SSSR count). The molecule has 5 aromatic rings. The van der Waals surface area contributed by atoms with E-state index >= 15 is 0 Å². The third-order valence-electron chi connectivity index (χ3n) is 5.90. The van der Waals surface area contributed by atoms with E-state index in [1.54, 1.807) is 6.07 Å². The predicted octanol–water partition coefficient (Wildman–Crippen LogP) is 4.35. The minimum Gasteiger partial charge on any atom is -0.494 e. The summed E-state index contributed by atoms with van der Waals surface area (Å²) in [5, 5.41) is 8.71. The summed E-state index contributed by atoms with van der Waals surface area (Å²) in [6, 6.07) is 15.6. The van der Waals surface area contributed by atoms with Gasteiger partial charge in [-0.3, -0.25) is 4.79 Å². The molecule has 0 unspecified atom stereocenters. The fraction of sp³-hybridized carbons (Fsp3) is 0.192. The Labute approximate surface area is 202 Å². The number of ether oxygens (including phenoxy) is 1. The van der Waals surface area contributed by atoms with Crippen molar-refractivity contribution >= 4 is 45.2 Å². The molecule has 0 bridgehead atoms. The van der Waals surface area contributed by atoms with Crippen molar-refractivity contribution in [2.45, 2.75) is 13.3 Å². The molecule has 2 aromatic carbocycles. The van der Waals surface area contributed by atoms with Gasteiger partial charge in [-0.15, -0.1) is 0 Å². The topological polar surface area (TPSA) is 123 Å². The van der Waals surface area contributed by atoms with Crippen LogP contribution >= 0.6 is 0 Å². The molecule has 3 aromatic heterocycles. The van der Waals surface area contributed by atoms with Crippen molar-refractivity contribution in [2.75, 3.05) is 23.8 Å². The van der Waals surface area contributed by atoms with Crippen molar-refractivity contribution in [3.63, 3.8) is 0 Å². The molecule has 0 spiro atoms. The number of carbonyl (C=O) groups excluding carboxylic acids is 1. The monoisotopic (exact) mass is 469 g/mol. The molecule has 178 valence electrons. The number of aromatic nitrogens is 4. The first-order chi connectivity index (χ1) is 17.0. The molecule has 3 heterocycles. The standard InChI is InChI=1S/C26H27N7O2/c1-3-35-17-7-8-20-19(13-17)16(15-29-20)9-11-28-26-31-22(25(27)34)14-24(32-26)30-21-5-4-6-23-18(21)10-12-33(23)2/h4-8,10,12-15,29H,3,9,11H2,1-2H3,(H2,27,34)(H2,28,30,31,32). The number of aryl methyl sites for hydroxylation is 1. The molecule has 0 fully saturated rings. The third kappa shape index (κ3) is 4.61. The van der Waals surface area contributed by atoms with E-state index in [-0.39, 0.29) is 5.69 Å². The Balaban J connectivity index is 1.35. The molecule has 9 heteroatoms. The van der Waals surface area contributed by atoms with E-state index in [1.807, 2.05) is 73.4 Å². The van der Waals surface area contributed by atoms with Gasteiger partial charge in [0.05, 0.1) is 6.61 Å². The average Bonchev–Trinajstić information content (AvgIpc) is 3.43. The summed E-state index contributed by atoms with van der Waals surface area (Å²) in [6.07, 6.45) is 4.72. The zero-order valence-corrected chi connectivity index (χ0v) is 19.6. The van der Waals surface area contributed by atoms with Crippen LogP contribution in [0, 0.1) is 0 Å². The maximum atomic E-state index is 11.9. The van der Waals surface area contributed by atoms with Crippen molar-refractivity contribution in [3.05, 3.63) is 72.2 Å². The van der Waals surface area contributed by atoms with Gasteiger partial charge < -0.3 is 30.7 Å². The summed E-state index contributed by atoms with van der Waals surface area (Å²) >= 11 is 0. The lowest BCUT2D eigenvalue weighted by atomic mass is 10.1. The molecule has 0 atom stereocenters. The van der Waals surface area contributed by atoms with E-state index in [0.717, 1.165) is 45.2 Å². The number of nitrogens with two attached hydrogens (primary N) is 1. The molecule has 0 aliphatic heterocycles. The van der Waals surface area contributed by atoms with Gasteiger partial charge in [-0.25, -0.2) is 4.98 Å². The highest BCUT2D eigenvalue weighted by molar-refractivity contribution is 5.95. The summed E-state index contributed by atoms with van der Waals surface area (Å²) in [5.41, 5.74) is 9.85. The van der Waals surface area contributed by atoms with Gasteiger partial charge in [0.25, 0.3) is 5.91 Å². The first kappa shape index (κ1) is 22.3. The number of nitrogens with zero attached hydrogens (tertiary/aromatic N) is 3. The lowest BCUT2D eigenvalue weighted by Gasteiger charge is -2.11. The number of anilines is 3. The van der Waals surface area contributed by atoms with E-state index in [2.05, 4.69) is 25.6 Å². The summed E-state index contributed by atoms with van der Waals surface area (Å²) in [5.74, 6) is 1.05. The van der Waals surface area contributed by atoms with Crippen LogP contribution in [-0.2, 0) is 13.5 Å². The number of primary amides is 1. The lowest BCUT2D eigenvalue weighted by molar-refractivity contribution is 0.0995. The van der Waals surface area contributed by atoms with Gasteiger partial charge in [0.2, 0.25) is 5.95 Å². The molecule has 9 nitrogen and oxygen atoms in total. The van der Waals surface area contributed by atoms with Crippen LogP contribution in [0.5, 0.6) is 5.75 Å². The Hall–Kier alpha value is -4.53. The van der Waals surface area contributed by atoms with Crippen molar-refractivity contribution in [1.82, 2.24) is 19.5 Å². The van der Waals surface area contributed by atoms with Gasteiger partial charge in [-0.1, -0.05) is 6.07 Å². The second kappa shape index (κ2) is 9.38. The number of H-pyrrole nitrogens is 1. The van der Waals surface area contributed by atoms with E-state index in [1.165, 1.54) is 0 Å². The number of benzene rings is 2. The molecular formula is C26H27N7O2. The molecule has 35 heavy (non-hydrogen) atoms. The first-order valence-electron chi connectivity index (χ1n) is 11.5. The maximum absolute atomic E-state index is 11.9. The molecule has 0 saturated carbocycles. The van der Waals surface area contributed by atoms with Crippen LogP contribution in [0.25, 0.3) is 21.8 Å². The number of hydrogen-bond donors (Lipinski definition) is 4. The number of fused-ring (bicyclic) bond motifs is 2. The van der Waals surface area contributed by atoms with Crippen LogP contribution in [0.15, 0.2) is 60.9 Å². The second-order valence-electron chi connectivity index (χ2n) is 8.25. The minimum atomic E-state index is -0.614. The van der Waals surface area contributed by atoms with E-state index in [9.17, 15) is 4.79 Å². The maximum Gasteiger partial charge on any atom is 0.267 e. The van der Waals surface area contributed by atoms with Crippen LogP contribution in [-0.4, -0.2) is 38.6 Å². The first-order valence-corrected chi connectivity index (χ1v) is 11.5. The smallest absolute Gasteiger partial charge is 0.267 e. The Kier molecular flexibility index (Phi) is 5.97. The van der Waals surface area contributed by atoms with E-state index in [0.29, 0.717) is 24.9 Å². The van der Waals surface area contributed by atoms with Gasteiger partial charge in [0.1, 0.15) is 17.3 Å². The summed E-state index contributed by atoms with van der Waals surface area (Å²) in [4.78, 5) is 24.1. The Morgan fingerprint density at radius 3 is 2.86 bits per heavy atom. The fourth-order valence-electron chi connectivity index (χ4n) is 4.20. The van der Waals surface area contributed by atoms with Crippen LogP contribution in [0.1, 0.15) is 23.0 Å². The highest BCUT2D eigenvalue weighted by Gasteiger charge is 2.12. The number of nitrogens with one attached hydrogen (secondary N) is 3. The number of carbonyl (C=O) groups is 1. The predicted molar refractivity (Wildman–Crippen MR) is 138 cm³/mol. The molecular weight excluding hydrogens is 442 g/mol. The van der Waals surface area contributed by atoms with E-state index in [4.69, 9.17) is 10.5 Å². The third-order valence-corrected chi connectivity index (χ3v) is 5.90. The Morgan fingerprint density at radius 2 is 2.03 bits per heavy atom. The highest BCUT2D eigenvalue weighted by Crippen LogP contribution is 2.27. The zero-order chi connectivity index (χ0) is 24.4. The number of rotatable bonds is 9. The van der Waals surface area contributed by atoms with Crippen LogP contribution < -0.4 is 21.1 Å². The molecule has 0 aliphatic carbocycles. The normalized spacial score (nSPS) is 11.1. The molecule has 0 radical (unpaired) electrons. The van der Waals surface area contributed by atoms with Gasteiger partial charge in [-0.05, 0) is 55.3 Å². The molecule has 5 N–H and O–H groups in total. The van der Waals surface area contributed by atoms with Crippen molar-refractivity contribution in [3.8, 4) is 5.75 Å². The SMILES string of the molecule is CCOc1ccc2[nH]cc(CCNc3nc(Nc4cccc5c4ccn5C)cc(C(N)=O)n3)c2c1. The van der Waals surface area contributed by atoms with Crippen LogP contribution in [0.4, 0.5) is 17.5 Å².